The van der Waals surface area contributed by atoms with Crippen molar-refractivity contribution in [3.63, 3.8) is 0 Å². The number of hydrogen-bond donors (Lipinski definition) is 1. The van der Waals surface area contributed by atoms with Crippen LogP contribution in [0.4, 0.5) is 0 Å². The normalized spacial score (nSPS) is 11.7. The van der Waals surface area contributed by atoms with Crippen LogP contribution in [0.2, 0.25) is 0 Å². The van der Waals surface area contributed by atoms with Gasteiger partial charge in [0.2, 0.25) is 0 Å². The van der Waals surface area contributed by atoms with Gasteiger partial charge in [-0.3, -0.25) is 4.79 Å². The van der Waals surface area contributed by atoms with Crippen LogP contribution >= 0.6 is 11.3 Å². The summed E-state index contributed by atoms with van der Waals surface area (Å²) in [6.07, 6.45) is 5.38. The minimum absolute atomic E-state index is 0.197. The molecule has 1 N–H and O–H groups in total. The Morgan fingerprint density at radius 3 is 2.73 bits per heavy atom. The molecule has 4 rings (SSSR count). The fraction of sp³-hybridized carbons (Fsp3) is 0.0500. The van der Waals surface area contributed by atoms with Crippen molar-refractivity contribution in [3.8, 4) is 5.69 Å². The summed E-state index contributed by atoms with van der Waals surface area (Å²) in [5.74, 6) is -0.197. The quantitative estimate of drug-likeness (QED) is 0.437. The number of hydrazone groups is 1. The smallest absolute Gasteiger partial charge is 0.272 e. The Balaban J connectivity index is 1.50. The average Bonchev–Trinajstić information content (AvgIpc) is 3.36. The molecule has 5 nitrogen and oxygen atoms in total. The second kappa shape index (κ2) is 6.93. The van der Waals surface area contributed by atoms with Gasteiger partial charge in [0, 0.05) is 33.5 Å². The molecule has 4 aromatic rings. The lowest BCUT2D eigenvalue weighted by atomic mass is 10.1. The van der Waals surface area contributed by atoms with E-state index in [-0.39, 0.29) is 5.91 Å². The van der Waals surface area contributed by atoms with Crippen LogP contribution in [0, 0.1) is 0 Å². The molecule has 128 valence electrons. The maximum atomic E-state index is 12.4. The van der Waals surface area contributed by atoms with Gasteiger partial charge in [-0.2, -0.15) is 5.10 Å². The van der Waals surface area contributed by atoms with Gasteiger partial charge in [-0.15, -0.1) is 11.3 Å². The predicted molar refractivity (Wildman–Crippen MR) is 105 cm³/mol. The van der Waals surface area contributed by atoms with Crippen molar-refractivity contribution >= 4 is 33.0 Å². The summed E-state index contributed by atoms with van der Waals surface area (Å²) < 4.78 is 3.02. The number of imidazole rings is 1. The number of carbonyl (C=O) groups excluding carboxylic acids is 1. The molecule has 0 aliphatic carbocycles. The summed E-state index contributed by atoms with van der Waals surface area (Å²) in [6.45, 7) is 1.87. The van der Waals surface area contributed by atoms with E-state index in [1.165, 1.54) is 0 Å². The lowest BCUT2D eigenvalue weighted by Crippen LogP contribution is -2.19. The molecule has 6 heteroatoms. The Hall–Kier alpha value is -3.25. The summed E-state index contributed by atoms with van der Waals surface area (Å²) in [4.78, 5) is 16.5. The maximum absolute atomic E-state index is 12.4. The molecule has 0 spiro atoms. The largest absolute Gasteiger partial charge is 0.306 e. The summed E-state index contributed by atoms with van der Waals surface area (Å²) in [7, 11) is 0. The topological polar surface area (TPSA) is 59.3 Å². The van der Waals surface area contributed by atoms with Crippen molar-refractivity contribution < 1.29 is 4.79 Å². The molecule has 2 heterocycles. The number of fused-ring (bicyclic) bond motifs is 1. The van der Waals surface area contributed by atoms with Crippen LogP contribution in [-0.2, 0) is 0 Å². The van der Waals surface area contributed by atoms with Crippen LogP contribution in [0.25, 0.3) is 15.8 Å². The first-order valence-electron chi connectivity index (χ1n) is 8.12. The van der Waals surface area contributed by atoms with E-state index in [4.69, 9.17) is 0 Å². The van der Waals surface area contributed by atoms with Gasteiger partial charge >= 0.3 is 0 Å². The molecule has 0 bridgehead atoms. The minimum Gasteiger partial charge on any atom is -0.306 e. The molecule has 2 aromatic heterocycles. The van der Waals surface area contributed by atoms with Gasteiger partial charge in [0.05, 0.1) is 17.6 Å². The summed E-state index contributed by atoms with van der Waals surface area (Å²) in [6, 6.07) is 15.8. The van der Waals surface area contributed by atoms with Crippen LogP contribution in [-0.4, -0.2) is 21.2 Å². The van der Waals surface area contributed by atoms with Crippen molar-refractivity contribution in [2.75, 3.05) is 0 Å². The van der Waals surface area contributed by atoms with Crippen molar-refractivity contribution in [1.82, 2.24) is 15.0 Å². The average molecular weight is 360 g/mol. The van der Waals surface area contributed by atoms with E-state index in [1.807, 2.05) is 71.6 Å². The highest BCUT2D eigenvalue weighted by Gasteiger charge is 2.11. The fourth-order valence-electron chi connectivity index (χ4n) is 2.70. The van der Waals surface area contributed by atoms with Crippen molar-refractivity contribution in [1.29, 1.82) is 0 Å². The summed E-state index contributed by atoms with van der Waals surface area (Å²) in [5.41, 5.74) is 6.02. The molecule has 0 unspecified atom stereocenters. The Kier molecular flexibility index (Phi) is 4.33. The molecule has 2 aromatic carbocycles. The predicted octanol–water partition coefficient (Wildman–Crippen LogP) is 4.24. The molecular weight excluding hydrogens is 344 g/mol. The third kappa shape index (κ3) is 3.14. The first-order valence-corrected chi connectivity index (χ1v) is 9.00. The van der Waals surface area contributed by atoms with E-state index in [0.717, 1.165) is 27.0 Å². The van der Waals surface area contributed by atoms with Crippen LogP contribution in [0.3, 0.4) is 0 Å². The van der Waals surface area contributed by atoms with E-state index in [0.29, 0.717) is 5.56 Å². The van der Waals surface area contributed by atoms with Gasteiger partial charge in [-0.25, -0.2) is 10.4 Å². The Labute approximate surface area is 154 Å². The zero-order chi connectivity index (χ0) is 17.9. The molecule has 0 saturated carbocycles. The van der Waals surface area contributed by atoms with Crippen molar-refractivity contribution in [2.45, 2.75) is 6.92 Å². The Bertz CT molecular complexity index is 1080. The number of benzene rings is 2. The summed E-state index contributed by atoms with van der Waals surface area (Å²) in [5, 5.41) is 7.07. The monoisotopic (exact) mass is 360 g/mol. The number of hydrogen-bond acceptors (Lipinski definition) is 4. The van der Waals surface area contributed by atoms with E-state index in [2.05, 4.69) is 15.5 Å². The first kappa shape index (κ1) is 16.2. The number of nitrogens with zero attached hydrogens (tertiary/aromatic N) is 3. The number of amides is 1. The molecule has 0 atom stereocenters. The number of aromatic nitrogens is 2. The molecule has 0 radical (unpaired) electrons. The first-order chi connectivity index (χ1) is 12.7. The highest BCUT2D eigenvalue weighted by molar-refractivity contribution is 7.17. The molecule has 0 fully saturated rings. The number of rotatable bonds is 4. The van der Waals surface area contributed by atoms with E-state index in [1.54, 1.807) is 23.9 Å². The fourth-order valence-corrected chi connectivity index (χ4v) is 3.64. The third-order valence-electron chi connectivity index (χ3n) is 4.14. The van der Waals surface area contributed by atoms with Crippen LogP contribution in [0.15, 0.2) is 77.7 Å². The summed E-state index contributed by atoms with van der Waals surface area (Å²) >= 11 is 1.56. The van der Waals surface area contributed by atoms with Crippen LogP contribution in [0.5, 0.6) is 0 Å². The van der Waals surface area contributed by atoms with Gasteiger partial charge < -0.3 is 4.57 Å². The number of thiophene rings is 1. The highest BCUT2D eigenvalue weighted by Crippen LogP contribution is 2.25. The third-order valence-corrected chi connectivity index (χ3v) is 5.10. The van der Waals surface area contributed by atoms with E-state index in [9.17, 15) is 4.79 Å². The Morgan fingerprint density at radius 1 is 1.15 bits per heavy atom. The van der Waals surface area contributed by atoms with Crippen LogP contribution < -0.4 is 5.43 Å². The van der Waals surface area contributed by atoms with Crippen LogP contribution in [0.1, 0.15) is 22.8 Å². The molecular formula is C20H16N4OS. The second-order valence-electron chi connectivity index (χ2n) is 5.80. The molecule has 0 aliphatic heterocycles. The lowest BCUT2D eigenvalue weighted by molar-refractivity contribution is 0.0957. The molecule has 0 aliphatic rings. The van der Waals surface area contributed by atoms with Gasteiger partial charge in [0.1, 0.15) is 0 Å². The minimum atomic E-state index is -0.197. The van der Waals surface area contributed by atoms with Crippen molar-refractivity contribution in [2.24, 2.45) is 5.10 Å². The Morgan fingerprint density at radius 2 is 1.96 bits per heavy atom. The van der Waals surface area contributed by atoms with Crippen molar-refractivity contribution in [3.05, 3.63) is 83.8 Å². The zero-order valence-corrected chi connectivity index (χ0v) is 14.9. The maximum Gasteiger partial charge on any atom is 0.272 e. The number of nitrogens with one attached hydrogen (secondary N) is 1. The van der Waals surface area contributed by atoms with Gasteiger partial charge in [-0.1, -0.05) is 30.3 Å². The van der Waals surface area contributed by atoms with Gasteiger partial charge in [-0.05, 0) is 30.7 Å². The zero-order valence-electron chi connectivity index (χ0n) is 14.1. The standard InChI is InChI=1S/C20H16N4OS/c1-14(15-6-8-16(9-7-15)24-11-10-21-13-24)22-23-20(25)18-12-26-19-5-3-2-4-17(18)19/h2-13H,1H3,(H,23,25). The van der Waals surface area contributed by atoms with Gasteiger partial charge in [0.15, 0.2) is 0 Å². The highest BCUT2D eigenvalue weighted by atomic mass is 32.1. The lowest BCUT2D eigenvalue weighted by Gasteiger charge is -2.05. The van der Waals surface area contributed by atoms with Gasteiger partial charge in [0.25, 0.3) is 5.91 Å². The number of carbonyl (C=O) groups is 1. The molecule has 0 saturated heterocycles. The SMILES string of the molecule is CC(=NNC(=O)c1csc2ccccc12)c1ccc(-n2ccnc2)cc1. The van der Waals surface area contributed by atoms with E-state index < -0.39 is 0 Å². The molecule has 26 heavy (non-hydrogen) atoms. The van der Waals surface area contributed by atoms with E-state index >= 15 is 0 Å². The molecule has 1 amide bonds. The second-order valence-corrected chi connectivity index (χ2v) is 6.71.